The highest BCUT2D eigenvalue weighted by atomic mass is 15.1. The van der Waals surface area contributed by atoms with Crippen LogP contribution in [0, 0.1) is 0 Å². The maximum Gasteiger partial charge on any atom is 0.180 e. The van der Waals surface area contributed by atoms with Gasteiger partial charge in [-0.05, 0) is 24.3 Å². The Labute approximate surface area is 139 Å². The van der Waals surface area contributed by atoms with E-state index in [1.54, 1.807) is 6.20 Å². The van der Waals surface area contributed by atoms with Crippen molar-refractivity contribution in [3.05, 3.63) is 84.8 Å². The molecule has 0 unspecified atom stereocenters. The summed E-state index contributed by atoms with van der Waals surface area (Å²) in [5.41, 5.74) is 8.66. The molecule has 0 aliphatic carbocycles. The second kappa shape index (κ2) is 5.96. The maximum absolute atomic E-state index is 6.10. The molecule has 5 nitrogen and oxygen atoms in total. The van der Waals surface area contributed by atoms with Gasteiger partial charge in [-0.2, -0.15) is 0 Å². The lowest BCUT2D eigenvalue weighted by atomic mass is 10.2. The number of nitrogens with zero attached hydrogens (tertiary/aromatic N) is 4. The molecule has 3 heterocycles. The van der Waals surface area contributed by atoms with Crippen molar-refractivity contribution in [2.75, 3.05) is 0 Å². The summed E-state index contributed by atoms with van der Waals surface area (Å²) in [5.74, 6) is 1.76. The molecule has 0 saturated heterocycles. The highest BCUT2D eigenvalue weighted by Crippen LogP contribution is 2.27. The molecule has 2 N–H and O–H groups in total. The molecule has 0 aliphatic rings. The van der Waals surface area contributed by atoms with Gasteiger partial charge in [0.15, 0.2) is 11.7 Å². The lowest BCUT2D eigenvalue weighted by Gasteiger charge is -1.99. The van der Waals surface area contributed by atoms with E-state index in [0.717, 1.165) is 16.9 Å². The number of hydrogen-bond donors (Lipinski definition) is 1. The summed E-state index contributed by atoms with van der Waals surface area (Å²) in [5, 5.41) is 0. The van der Waals surface area contributed by atoms with Crippen LogP contribution in [0.4, 0.5) is 5.82 Å². The minimum Gasteiger partial charge on any atom is -0.382 e. The van der Waals surface area contributed by atoms with Crippen molar-refractivity contribution < 1.29 is 0 Å². The van der Waals surface area contributed by atoms with Crippen molar-refractivity contribution in [3.8, 4) is 11.4 Å². The van der Waals surface area contributed by atoms with E-state index in [1.807, 2.05) is 77.3 Å². The summed E-state index contributed by atoms with van der Waals surface area (Å²) in [6.45, 7) is 0. The SMILES string of the molecule is N/C(=N\c1nc(-c2ccccc2)n2ccccc12)c1ccccn1. The van der Waals surface area contributed by atoms with E-state index < -0.39 is 0 Å². The van der Waals surface area contributed by atoms with Crippen LogP contribution in [-0.2, 0) is 0 Å². The van der Waals surface area contributed by atoms with E-state index in [2.05, 4.69) is 9.98 Å². The number of aliphatic imine (C=N–C) groups is 1. The van der Waals surface area contributed by atoms with Crippen molar-refractivity contribution in [1.29, 1.82) is 0 Å². The van der Waals surface area contributed by atoms with Crippen molar-refractivity contribution in [2.24, 2.45) is 10.7 Å². The van der Waals surface area contributed by atoms with Crippen LogP contribution in [0.1, 0.15) is 5.69 Å². The average Bonchev–Trinajstić information content (AvgIpc) is 3.02. The Morgan fingerprint density at radius 3 is 2.50 bits per heavy atom. The third kappa shape index (κ3) is 2.52. The van der Waals surface area contributed by atoms with Crippen molar-refractivity contribution in [1.82, 2.24) is 14.4 Å². The summed E-state index contributed by atoms with van der Waals surface area (Å²) in [6.07, 6.45) is 3.67. The monoisotopic (exact) mass is 313 g/mol. The highest BCUT2D eigenvalue weighted by Gasteiger charge is 2.12. The molecule has 3 aromatic heterocycles. The predicted octanol–water partition coefficient (Wildman–Crippen LogP) is 3.43. The van der Waals surface area contributed by atoms with Gasteiger partial charge in [-0.1, -0.05) is 42.5 Å². The lowest BCUT2D eigenvalue weighted by Crippen LogP contribution is -2.14. The molecule has 0 fully saturated rings. The summed E-state index contributed by atoms with van der Waals surface area (Å²) in [7, 11) is 0. The molecular weight excluding hydrogens is 298 g/mol. The van der Waals surface area contributed by atoms with E-state index in [0.29, 0.717) is 17.3 Å². The molecule has 24 heavy (non-hydrogen) atoms. The summed E-state index contributed by atoms with van der Waals surface area (Å²) >= 11 is 0. The van der Waals surface area contributed by atoms with E-state index in [4.69, 9.17) is 10.7 Å². The van der Waals surface area contributed by atoms with Gasteiger partial charge in [0.1, 0.15) is 11.5 Å². The first kappa shape index (κ1) is 14.1. The molecule has 116 valence electrons. The van der Waals surface area contributed by atoms with E-state index in [1.165, 1.54) is 0 Å². The molecule has 0 atom stereocenters. The number of pyridine rings is 2. The van der Waals surface area contributed by atoms with Gasteiger partial charge in [0, 0.05) is 18.0 Å². The molecule has 0 aliphatic heterocycles. The van der Waals surface area contributed by atoms with Crippen molar-refractivity contribution in [3.63, 3.8) is 0 Å². The molecule has 0 saturated carbocycles. The fraction of sp³-hybridized carbons (Fsp3) is 0. The summed E-state index contributed by atoms with van der Waals surface area (Å²) in [6, 6.07) is 21.5. The lowest BCUT2D eigenvalue weighted by molar-refractivity contribution is 1.16. The largest absolute Gasteiger partial charge is 0.382 e. The number of rotatable bonds is 3. The molecule has 5 heteroatoms. The topological polar surface area (TPSA) is 68.6 Å². The second-order valence-electron chi connectivity index (χ2n) is 5.29. The molecule has 0 radical (unpaired) electrons. The standard InChI is InChI=1S/C19H15N5/c20-17(15-10-4-6-12-21-15)22-18-16-11-5-7-13-24(16)19(23-18)14-8-2-1-3-9-14/h1-13H,(H2,20,22). The van der Waals surface area contributed by atoms with Crippen LogP contribution in [0.2, 0.25) is 0 Å². The first-order chi connectivity index (χ1) is 11.8. The van der Waals surface area contributed by atoms with Gasteiger partial charge in [-0.25, -0.2) is 9.98 Å². The minimum atomic E-state index is 0.346. The maximum atomic E-state index is 6.10. The molecular formula is C19H15N5. The predicted molar refractivity (Wildman–Crippen MR) is 95.2 cm³/mol. The normalized spacial score (nSPS) is 11.8. The number of imidazole rings is 1. The molecule has 4 rings (SSSR count). The highest BCUT2D eigenvalue weighted by molar-refractivity contribution is 5.98. The summed E-state index contributed by atoms with van der Waals surface area (Å²) in [4.78, 5) is 13.4. The Hall–Kier alpha value is -3.47. The van der Waals surface area contributed by atoms with Crippen LogP contribution in [-0.4, -0.2) is 20.2 Å². The molecule has 1 aromatic carbocycles. The number of amidine groups is 1. The van der Waals surface area contributed by atoms with Crippen molar-refractivity contribution >= 4 is 17.2 Å². The minimum absolute atomic E-state index is 0.346. The van der Waals surface area contributed by atoms with Crippen LogP contribution in [0.5, 0.6) is 0 Å². The number of hydrogen-bond acceptors (Lipinski definition) is 3. The van der Waals surface area contributed by atoms with Crippen molar-refractivity contribution in [2.45, 2.75) is 0 Å². The van der Waals surface area contributed by atoms with Crippen LogP contribution in [0.25, 0.3) is 16.9 Å². The number of aromatic nitrogens is 3. The molecule has 0 bridgehead atoms. The smallest absolute Gasteiger partial charge is 0.180 e. The van der Waals surface area contributed by atoms with E-state index in [9.17, 15) is 0 Å². The van der Waals surface area contributed by atoms with Gasteiger partial charge in [-0.3, -0.25) is 9.38 Å². The quantitative estimate of drug-likeness (QED) is 0.465. The first-order valence-corrected chi connectivity index (χ1v) is 7.61. The van der Waals surface area contributed by atoms with Gasteiger partial charge >= 0.3 is 0 Å². The zero-order chi connectivity index (χ0) is 16.4. The zero-order valence-corrected chi connectivity index (χ0v) is 12.9. The zero-order valence-electron chi connectivity index (χ0n) is 12.9. The van der Waals surface area contributed by atoms with Gasteiger partial charge in [0.2, 0.25) is 0 Å². The van der Waals surface area contributed by atoms with Crippen LogP contribution in [0.15, 0.2) is 84.1 Å². The second-order valence-corrected chi connectivity index (χ2v) is 5.29. The molecule has 0 amide bonds. The Morgan fingerprint density at radius 1 is 0.917 bits per heavy atom. The number of nitrogens with two attached hydrogens (primary N) is 1. The fourth-order valence-corrected chi connectivity index (χ4v) is 2.58. The average molecular weight is 313 g/mol. The number of benzene rings is 1. The third-order valence-electron chi connectivity index (χ3n) is 3.71. The van der Waals surface area contributed by atoms with Crippen LogP contribution in [0.3, 0.4) is 0 Å². The van der Waals surface area contributed by atoms with Gasteiger partial charge in [0.25, 0.3) is 0 Å². The van der Waals surface area contributed by atoms with Gasteiger partial charge < -0.3 is 5.73 Å². The third-order valence-corrected chi connectivity index (χ3v) is 3.71. The fourth-order valence-electron chi connectivity index (χ4n) is 2.58. The summed E-state index contributed by atoms with van der Waals surface area (Å²) < 4.78 is 2.01. The molecule has 0 spiro atoms. The molecule has 4 aromatic rings. The number of fused-ring (bicyclic) bond motifs is 1. The van der Waals surface area contributed by atoms with Gasteiger partial charge in [0.05, 0.1) is 5.52 Å². The Morgan fingerprint density at radius 2 is 1.71 bits per heavy atom. The van der Waals surface area contributed by atoms with Crippen LogP contribution < -0.4 is 5.73 Å². The van der Waals surface area contributed by atoms with E-state index in [-0.39, 0.29) is 0 Å². The van der Waals surface area contributed by atoms with E-state index >= 15 is 0 Å². The Bertz CT molecular complexity index is 1000. The first-order valence-electron chi connectivity index (χ1n) is 7.61. The van der Waals surface area contributed by atoms with Crippen LogP contribution >= 0.6 is 0 Å². The van der Waals surface area contributed by atoms with Gasteiger partial charge in [-0.15, -0.1) is 0 Å². The Kier molecular flexibility index (Phi) is 3.51. The Balaban J connectivity index is 1.88.